The number of hydrogen-bond acceptors (Lipinski definition) is 3. The van der Waals surface area contributed by atoms with Gasteiger partial charge in [0.2, 0.25) is 0 Å². The number of halogens is 2. The fourth-order valence-electron chi connectivity index (χ4n) is 3.23. The fraction of sp³-hybridized carbons (Fsp3) is 0.280. The zero-order chi connectivity index (χ0) is 21.3. The molecule has 0 heterocycles. The maximum absolute atomic E-state index is 13.3. The molecule has 30 heavy (non-hydrogen) atoms. The van der Waals surface area contributed by atoms with Gasteiger partial charge in [-0.15, -0.1) is 0 Å². The van der Waals surface area contributed by atoms with Crippen LogP contribution < -0.4 is 14.8 Å². The Bertz CT molecular complexity index is 949. The molecule has 0 aromatic heterocycles. The highest BCUT2D eigenvalue weighted by molar-refractivity contribution is 6.31. The first-order valence-electron chi connectivity index (χ1n) is 10.1. The Morgan fingerprint density at radius 2 is 1.80 bits per heavy atom. The highest BCUT2D eigenvalue weighted by Crippen LogP contribution is 2.32. The van der Waals surface area contributed by atoms with E-state index in [9.17, 15) is 4.39 Å². The molecular weight excluding hydrogens is 401 g/mol. The Hall–Kier alpha value is -2.56. The van der Waals surface area contributed by atoms with Crippen LogP contribution in [-0.4, -0.2) is 13.2 Å². The van der Waals surface area contributed by atoms with Gasteiger partial charge >= 0.3 is 0 Å². The Kier molecular flexibility index (Phi) is 8.12. The van der Waals surface area contributed by atoms with Crippen molar-refractivity contribution in [1.29, 1.82) is 0 Å². The predicted molar refractivity (Wildman–Crippen MR) is 120 cm³/mol. The lowest BCUT2D eigenvalue weighted by molar-refractivity contribution is 0.280. The molecule has 0 radical (unpaired) electrons. The quantitative estimate of drug-likeness (QED) is 0.419. The van der Waals surface area contributed by atoms with Gasteiger partial charge in [0.05, 0.1) is 12.1 Å². The van der Waals surface area contributed by atoms with Gasteiger partial charge in [-0.1, -0.05) is 60.1 Å². The second-order valence-corrected chi connectivity index (χ2v) is 7.69. The fourth-order valence-corrected chi connectivity index (χ4v) is 3.45. The first kappa shape index (κ1) is 22.1. The molecule has 3 aromatic rings. The van der Waals surface area contributed by atoms with Gasteiger partial charge in [0.15, 0.2) is 11.5 Å². The summed E-state index contributed by atoms with van der Waals surface area (Å²) >= 11 is 6.13. The third kappa shape index (κ3) is 6.22. The standard InChI is InChI=1S/C25H27ClFNO2/c1-18(11-12-19-7-4-3-5-8-19)28-16-20-9-6-10-24(29-2)25(20)30-17-21-13-14-22(27)15-23(21)26/h3-10,13-15,18,28H,11-12,16-17H2,1-2H3/t18-/m1/s1. The van der Waals surface area contributed by atoms with Crippen LogP contribution in [0.1, 0.15) is 30.0 Å². The summed E-state index contributed by atoms with van der Waals surface area (Å²) < 4.78 is 24.8. The van der Waals surface area contributed by atoms with E-state index in [0.717, 1.165) is 24.0 Å². The van der Waals surface area contributed by atoms with E-state index in [0.29, 0.717) is 29.1 Å². The van der Waals surface area contributed by atoms with Crippen molar-refractivity contribution in [2.45, 2.75) is 39.0 Å². The van der Waals surface area contributed by atoms with Crippen LogP contribution in [-0.2, 0) is 19.6 Å². The average molecular weight is 428 g/mol. The van der Waals surface area contributed by atoms with Gasteiger partial charge in [-0.25, -0.2) is 4.39 Å². The van der Waals surface area contributed by atoms with Crippen LogP contribution in [0.5, 0.6) is 11.5 Å². The van der Waals surface area contributed by atoms with E-state index in [1.807, 2.05) is 24.3 Å². The van der Waals surface area contributed by atoms with Gasteiger partial charge in [-0.2, -0.15) is 0 Å². The van der Waals surface area contributed by atoms with Crippen molar-refractivity contribution in [3.05, 3.63) is 94.3 Å². The predicted octanol–water partition coefficient (Wildman–Crippen LogP) is 6.18. The van der Waals surface area contributed by atoms with Gasteiger partial charge in [-0.3, -0.25) is 0 Å². The van der Waals surface area contributed by atoms with E-state index < -0.39 is 0 Å². The second-order valence-electron chi connectivity index (χ2n) is 7.28. The molecule has 1 atom stereocenters. The summed E-state index contributed by atoms with van der Waals surface area (Å²) in [7, 11) is 1.62. The minimum atomic E-state index is -0.365. The van der Waals surface area contributed by atoms with Gasteiger partial charge in [0.25, 0.3) is 0 Å². The molecule has 0 saturated carbocycles. The zero-order valence-electron chi connectivity index (χ0n) is 17.3. The number of nitrogens with one attached hydrogen (secondary N) is 1. The molecule has 0 amide bonds. The molecule has 3 rings (SSSR count). The van der Waals surface area contributed by atoms with Gasteiger partial charge < -0.3 is 14.8 Å². The molecule has 0 aliphatic rings. The number of rotatable bonds is 10. The van der Waals surface area contributed by atoms with E-state index in [-0.39, 0.29) is 12.4 Å². The molecular formula is C25H27ClFNO2. The molecule has 0 aliphatic carbocycles. The lowest BCUT2D eigenvalue weighted by Gasteiger charge is -2.18. The van der Waals surface area contributed by atoms with E-state index in [4.69, 9.17) is 21.1 Å². The lowest BCUT2D eigenvalue weighted by atomic mass is 10.1. The van der Waals surface area contributed by atoms with Crippen LogP contribution in [0, 0.1) is 5.82 Å². The topological polar surface area (TPSA) is 30.5 Å². The van der Waals surface area contributed by atoms with Crippen molar-refractivity contribution in [1.82, 2.24) is 5.32 Å². The molecule has 0 saturated heterocycles. The maximum Gasteiger partial charge on any atom is 0.166 e. The van der Waals surface area contributed by atoms with Crippen LogP contribution >= 0.6 is 11.6 Å². The largest absolute Gasteiger partial charge is 0.493 e. The molecule has 0 bridgehead atoms. The molecule has 3 nitrogen and oxygen atoms in total. The molecule has 3 aromatic carbocycles. The lowest BCUT2D eigenvalue weighted by Crippen LogP contribution is -2.26. The first-order valence-corrected chi connectivity index (χ1v) is 10.4. The summed E-state index contributed by atoms with van der Waals surface area (Å²) in [5.74, 6) is 0.961. The number of benzene rings is 3. The SMILES string of the molecule is COc1cccc(CN[C@H](C)CCc2ccccc2)c1OCc1ccc(F)cc1Cl. The number of hydrogen-bond donors (Lipinski definition) is 1. The second kappa shape index (κ2) is 11.0. The average Bonchev–Trinajstić information content (AvgIpc) is 2.76. The number of methoxy groups -OCH3 is 1. The highest BCUT2D eigenvalue weighted by atomic mass is 35.5. The Morgan fingerprint density at radius 1 is 1.00 bits per heavy atom. The van der Waals surface area contributed by atoms with Crippen molar-refractivity contribution in [3.8, 4) is 11.5 Å². The van der Waals surface area contributed by atoms with Crippen LogP contribution in [0.4, 0.5) is 4.39 Å². The van der Waals surface area contributed by atoms with Crippen molar-refractivity contribution in [2.75, 3.05) is 7.11 Å². The van der Waals surface area contributed by atoms with Gasteiger partial charge in [0, 0.05) is 23.7 Å². The van der Waals surface area contributed by atoms with Crippen molar-refractivity contribution >= 4 is 11.6 Å². The summed E-state index contributed by atoms with van der Waals surface area (Å²) in [5, 5.41) is 3.91. The van der Waals surface area contributed by atoms with Crippen LogP contribution in [0.2, 0.25) is 5.02 Å². The van der Waals surface area contributed by atoms with Crippen LogP contribution in [0.15, 0.2) is 66.7 Å². The normalized spacial score (nSPS) is 11.9. The third-order valence-corrected chi connectivity index (χ3v) is 5.37. The smallest absolute Gasteiger partial charge is 0.166 e. The summed E-state index contributed by atoms with van der Waals surface area (Å²) in [4.78, 5) is 0. The Morgan fingerprint density at radius 3 is 2.53 bits per heavy atom. The summed E-state index contributed by atoms with van der Waals surface area (Å²) in [6.45, 7) is 3.07. The molecule has 1 N–H and O–H groups in total. The van der Waals surface area contributed by atoms with Gasteiger partial charge in [0.1, 0.15) is 12.4 Å². The third-order valence-electron chi connectivity index (χ3n) is 5.02. The molecule has 5 heteroatoms. The minimum absolute atomic E-state index is 0.232. The van der Waals surface area contributed by atoms with Crippen molar-refractivity contribution in [3.63, 3.8) is 0 Å². The molecule has 0 spiro atoms. The molecule has 0 aliphatic heterocycles. The number of ether oxygens (including phenoxy) is 2. The number of para-hydroxylation sites is 1. The summed E-state index contributed by atoms with van der Waals surface area (Å²) in [6.07, 6.45) is 2.06. The van der Waals surface area contributed by atoms with Crippen molar-refractivity contribution in [2.24, 2.45) is 0 Å². The van der Waals surface area contributed by atoms with Gasteiger partial charge in [-0.05, 0) is 43.5 Å². The van der Waals surface area contributed by atoms with Crippen molar-refractivity contribution < 1.29 is 13.9 Å². The Labute approximate surface area is 182 Å². The van der Waals surface area contributed by atoms with E-state index in [1.165, 1.54) is 17.7 Å². The zero-order valence-corrected chi connectivity index (χ0v) is 18.1. The molecule has 0 fully saturated rings. The maximum atomic E-state index is 13.3. The summed E-state index contributed by atoms with van der Waals surface area (Å²) in [5.41, 5.74) is 3.06. The minimum Gasteiger partial charge on any atom is -0.493 e. The van der Waals surface area contributed by atoms with Crippen LogP contribution in [0.3, 0.4) is 0 Å². The number of aryl methyl sites for hydroxylation is 1. The molecule has 158 valence electrons. The first-order chi connectivity index (χ1) is 14.6. The van der Waals surface area contributed by atoms with Crippen LogP contribution in [0.25, 0.3) is 0 Å². The molecule has 0 unspecified atom stereocenters. The van der Waals surface area contributed by atoms with E-state index in [1.54, 1.807) is 13.2 Å². The highest BCUT2D eigenvalue weighted by Gasteiger charge is 2.13. The summed E-state index contributed by atoms with van der Waals surface area (Å²) in [6, 6.07) is 21.0. The van der Waals surface area contributed by atoms with E-state index in [2.05, 4.69) is 36.5 Å². The monoisotopic (exact) mass is 427 g/mol. The van der Waals surface area contributed by atoms with E-state index >= 15 is 0 Å². The Balaban J connectivity index is 1.63.